The van der Waals surface area contributed by atoms with Crippen molar-refractivity contribution in [2.75, 3.05) is 25.4 Å². The lowest BCUT2D eigenvalue weighted by molar-refractivity contribution is 0.595. The molecule has 2 rings (SSSR count). The van der Waals surface area contributed by atoms with Gasteiger partial charge in [0.15, 0.2) is 15.8 Å². The predicted octanol–water partition coefficient (Wildman–Crippen LogP) is 2.40. The number of nitrogens with one attached hydrogen (secondary N) is 2. The molecule has 0 aromatic heterocycles. The molecule has 0 unspecified atom stereocenters. The van der Waals surface area contributed by atoms with Crippen LogP contribution in [0.1, 0.15) is 12.5 Å². The second-order valence-corrected chi connectivity index (χ2v) is 7.77. The summed E-state index contributed by atoms with van der Waals surface area (Å²) in [6.45, 7) is 3.22. The third kappa shape index (κ3) is 6.15. The zero-order valence-corrected chi connectivity index (χ0v) is 15.6. The molecule has 0 saturated carbocycles. The maximum Gasteiger partial charge on any atom is 0.191 e. The van der Waals surface area contributed by atoms with E-state index in [1.165, 1.54) is 6.07 Å². The second-order valence-electron chi connectivity index (χ2n) is 5.66. The van der Waals surface area contributed by atoms with Gasteiger partial charge in [-0.3, -0.25) is 4.99 Å². The maximum atomic E-state index is 13.6. The van der Waals surface area contributed by atoms with Crippen LogP contribution in [-0.2, 0) is 16.3 Å². The number of aliphatic imine (C=N–C) groups is 1. The number of halogens is 1. The minimum Gasteiger partial charge on any atom is -0.357 e. The maximum absolute atomic E-state index is 13.6. The summed E-state index contributed by atoms with van der Waals surface area (Å²) in [5, 5.41) is 6.16. The molecular weight excluding hydrogens is 353 g/mol. The largest absolute Gasteiger partial charge is 0.357 e. The van der Waals surface area contributed by atoms with E-state index in [-0.39, 0.29) is 18.1 Å². The first-order valence-corrected chi connectivity index (χ1v) is 10.2. The topological polar surface area (TPSA) is 70.6 Å². The highest BCUT2D eigenvalue weighted by atomic mass is 32.2. The van der Waals surface area contributed by atoms with Gasteiger partial charge in [-0.2, -0.15) is 0 Å². The fourth-order valence-electron chi connectivity index (χ4n) is 2.38. The molecule has 0 heterocycles. The fourth-order valence-corrected chi connectivity index (χ4v) is 3.52. The highest BCUT2D eigenvalue weighted by Crippen LogP contribution is 2.09. The van der Waals surface area contributed by atoms with Gasteiger partial charge in [-0.05, 0) is 37.1 Å². The number of hydrogen-bond donors (Lipinski definition) is 2. The Morgan fingerprint density at radius 1 is 1.04 bits per heavy atom. The Hall–Kier alpha value is -2.41. The summed E-state index contributed by atoms with van der Waals surface area (Å²) in [5.74, 6) is 0.221. The average molecular weight is 377 g/mol. The molecule has 0 aliphatic carbocycles. The zero-order valence-electron chi connectivity index (χ0n) is 14.8. The lowest BCUT2D eigenvalue weighted by atomic mass is 10.1. The van der Waals surface area contributed by atoms with Crippen LogP contribution < -0.4 is 10.6 Å². The van der Waals surface area contributed by atoms with Crippen molar-refractivity contribution in [3.63, 3.8) is 0 Å². The van der Waals surface area contributed by atoms with Crippen LogP contribution in [-0.4, -0.2) is 39.8 Å². The molecule has 2 aromatic carbocycles. The zero-order chi connectivity index (χ0) is 18.8. The summed E-state index contributed by atoms with van der Waals surface area (Å²) in [5.41, 5.74) is 0.627. The minimum atomic E-state index is -3.35. The van der Waals surface area contributed by atoms with Gasteiger partial charge in [-0.25, -0.2) is 12.8 Å². The van der Waals surface area contributed by atoms with Crippen molar-refractivity contribution in [1.82, 2.24) is 10.6 Å². The van der Waals surface area contributed by atoms with Gasteiger partial charge in [0.2, 0.25) is 0 Å². The summed E-state index contributed by atoms with van der Waals surface area (Å²) < 4.78 is 38.1. The molecule has 0 radical (unpaired) electrons. The van der Waals surface area contributed by atoms with Gasteiger partial charge in [0.25, 0.3) is 0 Å². The summed E-state index contributed by atoms with van der Waals surface area (Å²) in [4.78, 5) is 4.60. The van der Waals surface area contributed by atoms with E-state index in [1.54, 1.807) is 48.5 Å². The van der Waals surface area contributed by atoms with Crippen LogP contribution in [0.15, 0.2) is 64.5 Å². The summed E-state index contributed by atoms with van der Waals surface area (Å²) in [6, 6.07) is 15.0. The van der Waals surface area contributed by atoms with Gasteiger partial charge in [0.1, 0.15) is 5.82 Å². The molecule has 5 nitrogen and oxygen atoms in total. The van der Waals surface area contributed by atoms with E-state index in [4.69, 9.17) is 0 Å². The average Bonchev–Trinajstić information content (AvgIpc) is 2.64. The van der Waals surface area contributed by atoms with E-state index in [1.807, 2.05) is 6.92 Å². The molecule has 0 fully saturated rings. The van der Waals surface area contributed by atoms with E-state index in [9.17, 15) is 12.8 Å². The number of benzene rings is 2. The standard InChI is InChI=1S/C19H24FN3O2S/c1-2-21-19(22-13-12-16-8-6-7-11-18(16)20)23-14-15-26(24,25)17-9-4-3-5-10-17/h3-11H,2,12-15H2,1H3,(H2,21,22,23). The molecule has 0 saturated heterocycles. The lowest BCUT2D eigenvalue weighted by Crippen LogP contribution is -2.38. The summed E-state index contributed by atoms with van der Waals surface area (Å²) in [6.07, 6.45) is 0.513. The van der Waals surface area contributed by atoms with E-state index < -0.39 is 9.84 Å². The highest BCUT2D eigenvalue weighted by Gasteiger charge is 2.13. The van der Waals surface area contributed by atoms with Crippen molar-refractivity contribution in [1.29, 1.82) is 0 Å². The smallest absolute Gasteiger partial charge is 0.191 e. The Morgan fingerprint density at radius 3 is 2.42 bits per heavy atom. The first-order chi connectivity index (χ1) is 12.5. The molecule has 0 aliphatic rings. The Balaban J connectivity index is 1.89. The number of guanidine groups is 1. The fraction of sp³-hybridized carbons (Fsp3) is 0.316. The third-order valence-corrected chi connectivity index (χ3v) is 5.43. The summed E-state index contributed by atoms with van der Waals surface area (Å²) >= 11 is 0. The molecule has 0 aliphatic heterocycles. The first-order valence-electron chi connectivity index (χ1n) is 8.56. The quantitative estimate of drug-likeness (QED) is 0.547. The molecule has 0 amide bonds. The second kappa shape index (κ2) is 9.91. The van der Waals surface area contributed by atoms with Crippen molar-refractivity contribution in [3.8, 4) is 0 Å². The van der Waals surface area contributed by atoms with E-state index >= 15 is 0 Å². The molecule has 2 N–H and O–H groups in total. The Bertz CT molecular complexity index is 824. The van der Waals surface area contributed by atoms with Crippen LogP contribution in [0.5, 0.6) is 0 Å². The van der Waals surface area contributed by atoms with Crippen molar-refractivity contribution in [3.05, 3.63) is 66.0 Å². The summed E-state index contributed by atoms with van der Waals surface area (Å²) in [7, 11) is -3.35. The SMILES string of the molecule is CCNC(=NCCS(=O)(=O)c1ccccc1)NCCc1ccccc1F. The van der Waals surface area contributed by atoms with Crippen LogP contribution in [0.2, 0.25) is 0 Å². The van der Waals surface area contributed by atoms with Crippen LogP contribution in [0.3, 0.4) is 0 Å². The minimum absolute atomic E-state index is 0.0686. The number of rotatable bonds is 8. The molecular formula is C19H24FN3O2S. The van der Waals surface area contributed by atoms with Crippen molar-refractivity contribution in [2.24, 2.45) is 4.99 Å². The van der Waals surface area contributed by atoms with Crippen LogP contribution in [0.25, 0.3) is 0 Å². The Labute approximate surface area is 154 Å². The highest BCUT2D eigenvalue weighted by molar-refractivity contribution is 7.91. The number of sulfone groups is 1. The van der Waals surface area contributed by atoms with Gasteiger partial charge in [-0.1, -0.05) is 36.4 Å². The lowest BCUT2D eigenvalue weighted by Gasteiger charge is -2.11. The molecule has 0 atom stereocenters. The first kappa shape index (κ1) is 19.9. The normalized spacial score (nSPS) is 12.0. The third-order valence-electron chi connectivity index (χ3n) is 3.72. The van der Waals surface area contributed by atoms with Gasteiger partial charge in [0, 0.05) is 13.1 Å². The van der Waals surface area contributed by atoms with Gasteiger partial charge in [-0.15, -0.1) is 0 Å². The number of hydrogen-bond acceptors (Lipinski definition) is 3. The molecule has 0 spiro atoms. The van der Waals surface area contributed by atoms with Crippen molar-refractivity contribution in [2.45, 2.75) is 18.2 Å². The number of nitrogens with zero attached hydrogens (tertiary/aromatic N) is 1. The van der Waals surface area contributed by atoms with Crippen molar-refractivity contribution >= 4 is 15.8 Å². The van der Waals surface area contributed by atoms with E-state index in [0.717, 1.165) is 0 Å². The van der Waals surface area contributed by atoms with Gasteiger partial charge < -0.3 is 10.6 Å². The van der Waals surface area contributed by atoms with Crippen LogP contribution in [0.4, 0.5) is 4.39 Å². The Morgan fingerprint density at radius 2 is 1.73 bits per heavy atom. The molecule has 7 heteroatoms. The van der Waals surface area contributed by atoms with E-state index in [0.29, 0.717) is 35.9 Å². The molecule has 140 valence electrons. The van der Waals surface area contributed by atoms with Gasteiger partial charge in [0.05, 0.1) is 17.2 Å². The molecule has 0 bridgehead atoms. The molecule has 2 aromatic rings. The van der Waals surface area contributed by atoms with Crippen LogP contribution in [0, 0.1) is 5.82 Å². The monoisotopic (exact) mass is 377 g/mol. The van der Waals surface area contributed by atoms with Crippen LogP contribution >= 0.6 is 0 Å². The van der Waals surface area contributed by atoms with Crippen molar-refractivity contribution < 1.29 is 12.8 Å². The van der Waals surface area contributed by atoms with E-state index in [2.05, 4.69) is 15.6 Å². The predicted molar refractivity (Wildman–Crippen MR) is 103 cm³/mol. The Kier molecular flexibility index (Phi) is 7.59. The molecule has 26 heavy (non-hydrogen) atoms. The van der Waals surface area contributed by atoms with Gasteiger partial charge >= 0.3 is 0 Å².